The first kappa shape index (κ1) is 17.2. The molecule has 1 aromatic heterocycles. The van der Waals surface area contributed by atoms with Crippen LogP contribution >= 0.6 is 0 Å². The third-order valence-electron chi connectivity index (χ3n) is 5.43. The van der Waals surface area contributed by atoms with E-state index < -0.39 is 5.60 Å². The fraction of sp³-hybridized carbons (Fsp3) is 0.684. The molecule has 2 N–H and O–H groups in total. The van der Waals surface area contributed by atoms with E-state index in [2.05, 4.69) is 22.1 Å². The van der Waals surface area contributed by atoms with Gasteiger partial charge in [-0.15, -0.1) is 0 Å². The van der Waals surface area contributed by atoms with E-state index in [0.717, 1.165) is 56.1 Å². The van der Waals surface area contributed by atoms with Gasteiger partial charge in [-0.3, -0.25) is 4.79 Å². The van der Waals surface area contributed by atoms with Crippen molar-refractivity contribution < 1.29 is 9.90 Å². The Morgan fingerprint density at radius 3 is 2.67 bits per heavy atom. The van der Waals surface area contributed by atoms with Crippen molar-refractivity contribution in [1.29, 1.82) is 0 Å². The van der Waals surface area contributed by atoms with Crippen LogP contribution in [0.4, 0.5) is 5.82 Å². The highest BCUT2D eigenvalue weighted by Gasteiger charge is 2.33. The number of rotatable bonds is 5. The summed E-state index contributed by atoms with van der Waals surface area (Å²) in [6, 6.07) is 4.08. The number of pyridine rings is 1. The van der Waals surface area contributed by atoms with Gasteiger partial charge in [0.25, 0.3) is 0 Å². The number of nitrogens with one attached hydrogen (secondary N) is 1. The molecular weight excluding hydrogens is 302 g/mol. The van der Waals surface area contributed by atoms with Crippen molar-refractivity contribution in [3.05, 3.63) is 23.9 Å². The monoisotopic (exact) mass is 331 g/mol. The molecule has 0 unspecified atom stereocenters. The van der Waals surface area contributed by atoms with Crippen molar-refractivity contribution in [3.63, 3.8) is 0 Å². The lowest BCUT2D eigenvalue weighted by atomic mass is 9.97. The molecule has 24 heavy (non-hydrogen) atoms. The van der Waals surface area contributed by atoms with Crippen molar-refractivity contribution in [1.82, 2.24) is 10.3 Å². The number of hydrogen-bond donors (Lipinski definition) is 2. The Kier molecular flexibility index (Phi) is 5.39. The molecule has 2 heterocycles. The van der Waals surface area contributed by atoms with Crippen LogP contribution in [0.15, 0.2) is 18.3 Å². The number of amides is 1. The Labute approximate surface area is 144 Å². The molecule has 1 saturated carbocycles. The van der Waals surface area contributed by atoms with Crippen molar-refractivity contribution in [3.8, 4) is 0 Å². The van der Waals surface area contributed by atoms with Gasteiger partial charge in [0.15, 0.2) is 0 Å². The lowest BCUT2D eigenvalue weighted by molar-refractivity contribution is -0.126. The Morgan fingerprint density at radius 1 is 1.33 bits per heavy atom. The second-order valence-electron chi connectivity index (χ2n) is 7.58. The largest absolute Gasteiger partial charge is 0.389 e. The Morgan fingerprint density at radius 2 is 2.04 bits per heavy atom. The van der Waals surface area contributed by atoms with Gasteiger partial charge in [0.1, 0.15) is 5.82 Å². The molecule has 132 valence electrons. The van der Waals surface area contributed by atoms with Gasteiger partial charge in [-0.25, -0.2) is 4.98 Å². The fourth-order valence-corrected chi connectivity index (χ4v) is 3.72. The van der Waals surface area contributed by atoms with E-state index in [1.165, 1.54) is 12.8 Å². The number of aliphatic hydroxyl groups is 1. The molecule has 0 bridgehead atoms. The molecule has 1 amide bonds. The molecule has 0 spiro atoms. The zero-order valence-corrected chi connectivity index (χ0v) is 14.6. The van der Waals surface area contributed by atoms with Crippen molar-refractivity contribution in [2.45, 2.75) is 64.0 Å². The second kappa shape index (κ2) is 7.51. The van der Waals surface area contributed by atoms with Crippen LogP contribution in [-0.4, -0.2) is 34.7 Å². The summed E-state index contributed by atoms with van der Waals surface area (Å²) < 4.78 is 0. The van der Waals surface area contributed by atoms with E-state index in [4.69, 9.17) is 0 Å². The molecular formula is C19H29N3O2. The predicted octanol–water partition coefficient (Wildman–Crippen LogP) is 2.63. The fourth-order valence-electron chi connectivity index (χ4n) is 3.72. The summed E-state index contributed by atoms with van der Waals surface area (Å²) in [6.07, 6.45) is 8.03. The minimum atomic E-state index is -0.780. The number of nitrogens with zero attached hydrogens (tertiary/aromatic N) is 2. The SMILES string of the molecule is CC1CCN(c2ccc(CNC(=O)CC3(O)CCCC3)cn2)CC1. The maximum atomic E-state index is 12.0. The molecule has 1 aromatic rings. The average Bonchev–Trinajstić information content (AvgIpc) is 3.00. The topological polar surface area (TPSA) is 65.5 Å². The van der Waals surface area contributed by atoms with E-state index in [0.29, 0.717) is 6.54 Å². The molecule has 0 atom stereocenters. The quantitative estimate of drug-likeness (QED) is 0.870. The van der Waals surface area contributed by atoms with Crippen LogP contribution in [-0.2, 0) is 11.3 Å². The molecule has 0 aromatic carbocycles. The van der Waals surface area contributed by atoms with Crippen LogP contribution < -0.4 is 10.2 Å². The molecule has 1 aliphatic heterocycles. The number of anilines is 1. The predicted molar refractivity (Wildman–Crippen MR) is 94.7 cm³/mol. The van der Waals surface area contributed by atoms with E-state index in [9.17, 15) is 9.90 Å². The summed E-state index contributed by atoms with van der Waals surface area (Å²) in [5, 5.41) is 13.2. The molecule has 1 aliphatic carbocycles. The molecule has 2 fully saturated rings. The molecule has 2 aliphatic rings. The van der Waals surface area contributed by atoms with Crippen LogP contribution in [0, 0.1) is 5.92 Å². The number of aromatic nitrogens is 1. The van der Waals surface area contributed by atoms with E-state index in [-0.39, 0.29) is 12.3 Å². The van der Waals surface area contributed by atoms with E-state index >= 15 is 0 Å². The van der Waals surface area contributed by atoms with Crippen LogP contribution in [0.25, 0.3) is 0 Å². The van der Waals surface area contributed by atoms with Crippen LogP contribution in [0.5, 0.6) is 0 Å². The van der Waals surface area contributed by atoms with Gasteiger partial charge in [-0.05, 0) is 43.2 Å². The minimum absolute atomic E-state index is 0.0755. The maximum absolute atomic E-state index is 12.0. The van der Waals surface area contributed by atoms with Crippen molar-refractivity contribution in [2.75, 3.05) is 18.0 Å². The van der Waals surface area contributed by atoms with Crippen LogP contribution in [0.3, 0.4) is 0 Å². The summed E-state index contributed by atoms with van der Waals surface area (Å²) in [4.78, 5) is 18.9. The second-order valence-corrected chi connectivity index (χ2v) is 7.58. The maximum Gasteiger partial charge on any atom is 0.223 e. The van der Waals surface area contributed by atoms with E-state index in [1.54, 1.807) is 0 Å². The third kappa shape index (κ3) is 4.47. The van der Waals surface area contributed by atoms with E-state index in [1.807, 2.05) is 18.3 Å². The first-order valence-electron chi connectivity index (χ1n) is 9.23. The normalized spacial score (nSPS) is 21.0. The zero-order valence-electron chi connectivity index (χ0n) is 14.6. The van der Waals surface area contributed by atoms with Gasteiger partial charge >= 0.3 is 0 Å². The van der Waals surface area contributed by atoms with Gasteiger partial charge in [0, 0.05) is 25.8 Å². The van der Waals surface area contributed by atoms with Crippen LogP contribution in [0.2, 0.25) is 0 Å². The first-order valence-corrected chi connectivity index (χ1v) is 9.23. The third-order valence-corrected chi connectivity index (χ3v) is 5.43. The summed E-state index contributed by atoms with van der Waals surface area (Å²) in [5.74, 6) is 1.76. The molecule has 5 nitrogen and oxygen atoms in total. The molecule has 1 saturated heterocycles. The summed E-state index contributed by atoms with van der Waals surface area (Å²) in [7, 11) is 0. The van der Waals surface area contributed by atoms with Gasteiger partial charge in [0.05, 0.1) is 12.0 Å². The summed E-state index contributed by atoms with van der Waals surface area (Å²) in [5.41, 5.74) is 0.216. The highest BCUT2D eigenvalue weighted by molar-refractivity contribution is 5.77. The van der Waals surface area contributed by atoms with Crippen molar-refractivity contribution >= 4 is 11.7 Å². The Bertz CT molecular complexity index is 544. The van der Waals surface area contributed by atoms with Gasteiger partial charge in [-0.2, -0.15) is 0 Å². The molecule has 3 rings (SSSR count). The van der Waals surface area contributed by atoms with Gasteiger partial charge < -0.3 is 15.3 Å². The van der Waals surface area contributed by atoms with Crippen molar-refractivity contribution in [2.24, 2.45) is 5.92 Å². The zero-order chi connectivity index (χ0) is 17.0. The first-order chi connectivity index (χ1) is 11.5. The highest BCUT2D eigenvalue weighted by Crippen LogP contribution is 2.32. The number of carbonyl (C=O) groups excluding carboxylic acids is 1. The smallest absolute Gasteiger partial charge is 0.223 e. The van der Waals surface area contributed by atoms with Gasteiger partial charge in [0.2, 0.25) is 5.91 Å². The lowest BCUT2D eigenvalue weighted by Crippen LogP contribution is -2.34. The lowest BCUT2D eigenvalue weighted by Gasteiger charge is -2.31. The number of piperidine rings is 1. The molecule has 5 heteroatoms. The minimum Gasteiger partial charge on any atom is -0.389 e. The molecule has 0 radical (unpaired) electrons. The summed E-state index contributed by atoms with van der Waals surface area (Å²) >= 11 is 0. The Hall–Kier alpha value is -1.62. The van der Waals surface area contributed by atoms with Crippen LogP contribution in [0.1, 0.15) is 57.4 Å². The average molecular weight is 331 g/mol. The number of carbonyl (C=O) groups is 1. The van der Waals surface area contributed by atoms with Gasteiger partial charge in [-0.1, -0.05) is 25.8 Å². The highest BCUT2D eigenvalue weighted by atomic mass is 16.3. The number of hydrogen-bond acceptors (Lipinski definition) is 4. The Balaban J connectivity index is 1.46. The standard InChI is InChI=1S/C19H29N3O2/c1-15-6-10-22(11-7-15)17-5-4-16(13-20-17)14-21-18(23)12-19(24)8-2-3-9-19/h4-5,13,15,24H,2-3,6-12,14H2,1H3,(H,21,23). The summed E-state index contributed by atoms with van der Waals surface area (Å²) in [6.45, 7) is 4.92.